The monoisotopic (exact) mass is 311 g/mol. The second-order valence-electron chi connectivity index (χ2n) is 4.60. The third-order valence-electron chi connectivity index (χ3n) is 2.83. The van der Waals surface area contributed by atoms with Crippen molar-refractivity contribution < 1.29 is 17.9 Å². The Morgan fingerprint density at radius 3 is 2.55 bits per heavy atom. The van der Waals surface area contributed by atoms with E-state index >= 15 is 0 Å². The molecule has 118 valence electrons. The third-order valence-corrected chi connectivity index (χ3v) is 2.83. The van der Waals surface area contributed by atoms with Gasteiger partial charge >= 0.3 is 6.18 Å². The van der Waals surface area contributed by atoms with E-state index in [-0.39, 0.29) is 12.6 Å². The molecule has 7 heteroatoms. The number of aromatic nitrogens is 2. The average Bonchev–Trinajstić information content (AvgIpc) is 2.47. The van der Waals surface area contributed by atoms with Crippen LogP contribution >= 0.6 is 0 Å². The van der Waals surface area contributed by atoms with Crippen LogP contribution in [0.25, 0.3) is 0 Å². The lowest BCUT2D eigenvalue weighted by atomic mass is 10.3. The SMILES string of the molecule is CCCCOc1nc(Nc2ccccc2)ncc1C(F)(F)F. The summed E-state index contributed by atoms with van der Waals surface area (Å²) < 4.78 is 44.0. The van der Waals surface area contributed by atoms with Gasteiger partial charge in [-0.1, -0.05) is 31.5 Å². The van der Waals surface area contributed by atoms with E-state index in [1.807, 2.05) is 13.0 Å². The Kier molecular flexibility index (Phi) is 5.19. The summed E-state index contributed by atoms with van der Waals surface area (Å²) in [4.78, 5) is 7.55. The van der Waals surface area contributed by atoms with Gasteiger partial charge in [0.25, 0.3) is 0 Å². The minimum atomic E-state index is -4.55. The van der Waals surface area contributed by atoms with E-state index in [1.165, 1.54) is 0 Å². The second kappa shape index (κ2) is 7.11. The summed E-state index contributed by atoms with van der Waals surface area (Å²) in [7, 11) is 0. The molecular weight excluding hydrogens is 295 g/mol. The predicted molar refractivity (Wildman–Crippen MR) is 77.2 cm³/mol. The first-order valence-corrected chi connectivity index (χ1v) is 6.90. The first-order valence-electron chi connectivity index (χ1n) is 6.90. The molecule has 0 aliphatic carbocycles. The Labute approximate surface area is 126 Å². The van der Waals surface area contributed by atoms with Crippen molar-refractivity contribution in [1.82, 2.24) is 9.97 Å². The van der Waals surface area contributed by atoms with E-state index in [0.717, 1.165) is 12.6 Å². The lowest BCUT2D eigenvalue weighted by Crippen LogP contribution is -2.13. The number of para-hydroxylation sites is 1. The summed E-state index contributed by atoms with van der Waals surface area (Å²) >= 11 is 0. The third kappa shape index (κ3) is 4.34. The van der Waals surface area contributed by atoms with Crippen molar-refractivity contribution in [2.24, 2.45) is 0 Å². The lowest BCUT2D eigenvalue weighted by Gasteiger charge is -2.14. The van der Waals surface area contributed by atoms with Crippen LogP contribution in [0.1, 0.15) is 25.3 Å². The van der Waals surface area contributed by atoms with Crippen LogP contribution in [0.5, 0.6) is 5.88 Å². The van der Waals surface area contributed by atoms with Gasteiger partial charge in [0.05, 0.1) is 6.61 Å². The predicted octanol–water partition coefficient (Wildman–Crippen LogP) is 4.42. The summed E-state index contributed by atoms with van der Waals surface area (Å²) in [5.74, 6) is -0.389. The highest BCUT2D eigenvalue weighted by molar-refractivity contribution is 5.53. The van der Waals surface area contributed by atoms with Crippen molar-refractivity contribution in [3.63, 3.8) is 0 Å². The number of alkyl halides is 3. The molecular formula is C15H16F3N3O. The van der Waals surface area contributed by atoms with Gasteiger partial charge in [-0.15, -0.1) is 0 Å². The first kappa shape index (κ1) is 16.1. The standard InChI is InChI=1S/C15H16F3N3O/c1-2-3-9-22-13-12(15(16,17)18)10-19-14(21-13)20-11-7-5-4-6-8-11/h4-8,10H,2-3,9H2,1H3,(H,19,20,21). The maximum Gasteiger partial charge on any atom is 0.423 e. The maximum absolute atomic E-state index is 12.9. The van der Waals surface area contributed by atoms with Crippen molar-refractivity contribution in [2.45, 2.75) is 25.9 Å². The molecule has 0 saturated carbocycles. The summed E-state index contributed by atoms with van der Waals surface area (Å²) in [5.41, 5.74) is -0.288. The molecule has 1 heterocycles. The molecule has 22 heavy (non-hydrogen) atoms. The van der Waals surface area contributed by atoms with Crippen molar-refractivity contribution >= 4 is 11.6 Å². The molecule has 4 nitrogen and oxygen atoms in total. The van der Waals surface area contributed by atoms with Crippen LogP contribution in [0.4, 0.5) is 24.8 Å². The normalized spacial score (nSPS) is 11.3. The van der Waals surface area contributed by atoms with Crippen LogP contribution in [-0.2, 0) is 6.18 Å². The highest BCUT2D eigenvalue weighted by Crippen LogP contribution is 2.35. The molecule has 0 bridgehead atoms. The molecule has 0 aliphatic rings. The smallest absolute Gasteiger partial charge is 0.423 e. The van der Waals surface area contributed by atoms with Gasteiger partial charge in [-0.2, -0.15) is 18.2 Å². The van der Waals surface area contributed by atoms with Crippen LogP contribution in [-0.4, -0.2) is 16.6 Å². The topological polar surface area (TPSA) is 47.0 Å². The van der Waals surface area contributed by atoms with E-state index in [4.69, 9.17) is 4.74 Å². The highest BCUT2D eigenvalue weighted by atomic mass is 19.4. The Bertz CT molecular complexity index is 603. The van der Waals surface area contributed by atoms with E-state index in [9.17, 15) is 13.2 Å². The summed E-state index contributed by atoms with van der Waals surface area (Å²) in [6, 6.07) is 8.95. The molecule has 0 spiro atoms. The zero-order valence-corrected chi connectivity index (χ0v) is 12.0. The number of nitrogens with zero attached hydrogens (tertiary/aromatic N) is 2. The van der Waals surface area contributed by atoms with E-state index < -0.39 is 17.6 Å². The number of ether oxygens (including phenoxy) is 1. The number of hydrogen-bond donors (Lipinski definition) is 1. The van der Waals surface area contributed by atoms with Crippen LogP contribution in [0.2, 0.25) is 0 Å². The molecule has 0 aliphatic heterocycles. The molecule has 1 aromatic heterocycles. The molecule has 0 atom stereocenters. The van der Waals surface area contributed by atoms with Crippen molar-refractivity contribution in [3.05, 3.63) is 42.1 Å². The number of benzene rings is 1. The fourth-order valence-corrected chi connectivity index (χ4v) is 1.69. The molecule has 2 aromatic rings. The molecule has 1 aromatic carbocycles. The van der Waals surface area contributed by atoms with Gasteiger partial charge in [0, 0.05) is 11.9 Å². The quantitative estimate of drug-likeness (QED) is 0.802. The van der Waals surface area contributed by atoms with Crippen molar-refractivity contribution in [1.29, 1.82) is 0 Å². The maximum atomic E-state index is 12.9. The molecule has 0 fully saturated rings. The largest absolute Gasteiger partial charge is 0.477 e. The van der Waals surface area contributed by atoms with Gasteiger partial charge in [0.15, 0.2) is 0 Å². The summed E-state index contributed by atoms with van der Waals surface area (Å²) in [6.45, 7) is 2.11. The molecule has 2 rings (SSSR count). The van der Waals surface area contributed by atoms with Crippen LogP contribution in [0, 0.1) is 0 Å². The summed E-state index contributed by atoms with van der Waals surface area (Å²) in [6.07, 6.45) is -2.34. The minimum absolute atomic E-state index is 0.0608. The van der Waals surface area contributed by atoms with Crippen LogP contribution in [0.15, 0.2) is 36.5 Å². The number of unbranched alkanes of at least 4 members (excludes halogenated alkanes) is 1. The molecule has 0 radical (unpaired) electrons. The van der Waals surface area contributed by atoms with Crippen LogP contribution in [0.3, 0.4) is 0 Å². The van der Waals surface area contributed by atoms with Gasteiger partial charge in [0.2, 0.25) is 11.8 Å². The Morgan fingerprint density at radius 1 is 1.18 bits per heavy atom. The lowest BCUT2D eigenvalue weighted by molar-refractivity contribution is -0.139. The fraction of sp³-hybridized carbons (Fsp3) is 0.333. The van der Waals surface area contributed by atoms with Crippen LogP contribution < -0.4 is 10.1 Å². The highest BCUT2D eigenvalue weighted by Gasteiger charge is 2.36. The number of nitrogens with one attached hydrogen (secondary N) is 1. The second-order valence-corrected chi connectivity index (χ2v) is 4.60. The van der Waals surface area contributed by atoms with Gasteiger partial charge in [-0.25, -0.2) is 4.98 Å². The zero-order chi connectivity index (χ0) is 16.0. The van der Waals surface area contributed by atoms with E-state index in [0.29, 0.717) is 12.1 Å². The van der Waals surface area contributed by atoms with Gasteiger partial charge in [0.1, 0.15) is 5.56 Å². The summed E-state index contributed by atoms with van der Waals surface area (Å²) in [5, 5.41) is 2.84. The molecule has 1 N–H and O–H groups in total. The minimum Gasteiger partial charge on any atom is -0.477 e. The Morgan fingerprint density at radius 2 is 1.91 bits per heavy atom. The average molecular weight is 311 g/mol. The zero-order valence-electron chi connectivity index (χ0n) is 12.0. The van der Waals surface area contributed by atoms with Crippen molar-refractivity contribution in [3.8, 4) is 5.88 Å². The number of halogens is 3. The molecule has 0 saturated heterocycles. The van der Waals surface area contributed by atoms with Crippen molar-refractivity contribution in [2.75, 3.05) is 11.9 Å². The number of rotatable bonds is 6. The van der Waals surface area contributed by atoms with Gasteiger partial charge in [-0.3, -0.25) is 0 Å². The molecule has 0 unspecified atom stereocenters. The van der Waals surface area contributed by atoms with E-state index in [2.05, 4.69) is 15.3 Å². The molecule has 0 amide bonds. The Balaban J connectivity index is 2.24. The fourth-order valence-electron chi connectivity index (χ4n) is 1.69. The number of hydrogen-bond acceptors (Lipinski definition) is 4. The number of anilines is 2. The van der Waals surface area contributed by atoms with Gasteiger partial charge in [-0.05, 0) is 18.6 Å². The Hall–Kier alpha value is -2.31. The first-order chi connectivity index (χ1) is 10.5. The van der Waals surface area contributed by atoms with E-state index in [1.54, 1.807) is 24.3 Å². The van der Waals surface area contributed by atoms with Gasteiger partial charge < -0.3 is 10.1 Å².